The first-order chi connectivity index (χ1) is 9.88. The minimum Gasteiger partial charge on any atom is -0.496 e. The molecule has 2 aromatic carbocycles. The Morgan fingerprint density at radius 1 is 1.25 bits per heavy atom. The second kappa shape index (κ2) is 6.25. The number of hydrogen-bond acceptors (Lipinski definition) is 2. The Balaban J connectivity index is 1.77. The Hall–Kier alpha value is -1.58. The van der Waals surface area contributed by atoms with E-state index in [2.05, 4.69) is 41.7 Å². The van der Waals surface area contributed by atoms with Crippen molar-refractivity contribution < 1.29 is 14.8 Å². The van der Waals surface area contributed by atoms with E-state index in [9.17, 15) is 0 Å². The second-order valence-electron chi connectivity index (χ2n) is 5.33. The highest BCUT2D eigenvalue weighted by Crippen LogP contribution is 2.27. The molecule has 0 saturated carbocycles. The highest BCUT2D eigenvalue weighted by molar-refractivity contribution is 5.87. The number of benzene rings is 2. The van der Waals surface area contributed by atoms with Crippen LogP contribution < -0.4 is 10.1 Å². The van der Waals surface area contributed by atoms with E-state index < -0.39 is 0 Å². The summed E-state index contributed by atoms with van der Waals surface area (Å²) in [6.07, 6.45) is 2.83. The quantitative estimate of drug-likeness (QED) is 0.904. The van der Waals surface area contributed by atoms with Gasteiger partial charge in [-0.3, -0.25) is 0 Å². The van der Waals surface area contributed by atoms with Crippen molar-refractivity contribution in [3.8, 4) is 5.75 Å². The van der Waals surface area contributed by atoms with Crippen molar-refractivity contribution in [1.29, 1.82) is 0 Å². The van der Waals surface area contributed by atoms with Crippen molar-refractivity contribution in [1.82, 2.24) is 0 Å². The predicted octanol–water partition coefficient (Wildman–Crippen LogP) is 2.09. The van der Waals surface area contributed by atoms with Crippen LogP contribution in [0.15, 0.2) is 36.4 Å². The Morgan fingerprint density at radius 3 is 2.95 bits per heavy atom. The summed E-state index contributed by atoms with van der Waals surface area (Å²) in [5, 5.41) is 4.89. The highest BCUT2D eigenvalue weighted by Gasteiger charge is 2.17. The summed E-state index contributed by atoms with van der Waals surface area (Å²) in [6.45, 7) is 2.90. The van der Waals surface area contributed by atoms with Gasteiger partial charge in [0.05, 0.1) is 12.7 Å². The smallest absolute Gasteiger partial charge is 0.128 e. The standard InChI is InChI=1S/C17H21NO2/c1-19-17-9-8-13-5-2-3-7-15(13)16(17)12-18-11-14-6-4-10-20-14/h2-3,5,7-9,14,18H,4,6,10-12H2,1H3/p+1/t14-/m0/s1. The zero-order valence-corrected chi connectivity index (χ0v) is 12.0. The molecule has 1 atom stereocenters. The maximum absolute atomic E-state index is 5.67. The highest BCUT2D eigenvalue weighted by atomic mass is 16.5. The molecule has 3 nitrogen and oxygen atoms in total. The van der Waals surface area contributed by atoms with Crippen molar-refractivity contribution in [2.45, 2.75) is 25.5 Å². The van der Waals surface area contributed by atoms with Crippen LogP contribution in [0.25, 0.3) is 10.8 Å². The first-order valence-corrected chi connectivity index (χ1v) is 7.36. The molecule has 0 spiro atoms. The molecule has 3 heteroatoms. The largest absolute Gasteiger partial charge is 0.496 e. The first-order valence-electron chi connectivity index (χ1n) is 7.36. The molecule has 0 bridgehead atoms. The van der Waals surface area contributed by atoms with Crippen LogP contribution in [-0.4, -0.2) is 26.4 Å². The third-order valence-corrected chi connectivity index (χ3v) is 4.02. The molecule has 1 aliphatic heterocycles. The van der Waals surface area contributed by atoms with Crippen LogP contribution in [0.4, 0.5) is 0 Å². The fourth-order valence-electron chi connectivity index (χ4n) is 2.96. The number of quaternary nitrogens is 1. The van der Waals surface area contributed by atoms with E-state index in [-0.39, 0.29) is 0 Å². The van der Waals surface area contributed by atoms with Gasteiger partial charge in [-0.1, -0.05) is 30.3 Å². The molecule has 1 saturated heterocycles. The van der Waals surface area contributed by atoms with Crippen LogP contribution in [0.5, 0.6) is 5.75 Å². The van der Waals surface area contributed by atoms with Gasteiger partial charge in [-0.25, -0.2) is 0 Å². The van der Waals surface area contributed by atoms with Gasteiger partial charge in [0.2, 0.25) is 0 Å². The normalized spacial score (nSPS) is 18.6. The second-order valence-corrected chi connectivity index (χ2v) is 5.33. The third-order valence-electron chi connectivity index (χ3n) is 4.02. The Labute approximate surface area is 119 Å². The van der Waals surface area contributed by atoms with Crippen molar-refractivity contribution in [3.63, 3.8) is 0 Å². The molecule has 3 rings (SSSR count). The first kappa shape index (κ1) is 13.4. The number of nitrogens with two attached hydrogens (primary N) is 1. The van der Waals surface area contributed by atoms with E-state index in [1.807, 2.05) is 0 Å². The average molecular weight is 272 g/mol. The Morgan fingerprint density at radius 2 is 2.15 bits per heavy atom. The molecule has 20 heavy (non-hydrogen) atoms. The van der Waals surface area contributed by atoms with Crippen LogP contribution in [0, 0.1) is 0 Å². The summed E-state index contributed by atoms with van der Waals surface area (Å²) in [4.78, 5) is 0. The number of methoxy groups -OCH3 is 1. The van der Waals surface area contributed by atoms with E-state index in [1.54, 1.807) is 7.11 Å². The van der Waals surface area contributed by atoms with Crippen molar-refractivity contribution in [2.24, 2.45) is 0 Å². The SMILES string of the molecule is COc1ccc2ccccc2c1C[NH2+]C[C@@H]1CCCO1. The molecule has 0 unspecified atom stereocenters. The Kier molecular flexibility index (Phi) is 4.19. The van der Waals surface area contributed by atoms with Crippen LogP contribution >= 0.6 is 0 Å². The predicted molar refractivity (Wildman–Crippen MR) is 80.0 cm³/mol. The maximum atomic E-state index is 5.67. The van der Waals surface area contributed by atoms with Crippen molar-refractivity contribution >= 4 is 10.8 Å². The summed E-state index contributed by atoms with van der Waals surface area (Å²) in [7, 11) is 1.74. The van der Waals surface area contributed by atoms with E-state index in [4.69, 9.17) is 9.47 Å². The molecule has 106 valence electrons. The average Bonchev–Trinajstić information content (AvgIpc) is 3.00. The van der Waals surface area contributed by atoms with Gasteiger partial charge in [0.25, 0.3) is 0 Å². The summed E-state index contributed by atoms with van der Waals surface area (Å²) in [5.41, 5.74) is 1.28. The lowest BCUT2D eigenvalue weighted by Gasteiger charge is -2.13. The molecule has 1 heterocycles. The number of hydrogen-bond donors (Lipinski definition) is 1. The van der Waals surface area contributed by atoms with Crippen LogP contribution in [0.3, 0.4) is 0 Å². The number of rotatable bonds is 5. The van der Waals surface area contributed by atoms with E-state index in [0.717, 1.165) is 25.4 Å². The van der Waals surface area contributed by atoms with Gasteiger partial charge in [0.15, 0.2) is 0 Å². The monoisotopic (exact) mass is 272 g/mol. The van der Waals surface area contributed by atoms with Gasteiger partial charge in [-0.05, 0) is 29.7 Å². The molecule has 1 fully saturated rings. The van der Waals surface area contributed by atoms with Gasteiger partial charge in [0, 0.05) is 6.61 Å². The Bertz CT molecular complexity index is 576. The number of ether oxygens (including phenoxy) is 2. The van der Waals surface area contributed by atoms with E-state index in [1.165, 1.54) is 29.2 Å². The van der Waals surface area contributed by atoms with Gasteiger partial charge in [0.1, 0.15) is 24.9 Å². The third kappa shape index (κ3) is 2.79. The van der Waals surface area contributed by atoms with Crippen LogP contribution in [0.1, 0.15) is 18.4 Å². The lowest BCUT2D eigenvalue weighted by atomic mass is 10.0. The molecule has 2 aromatic rings. The molecule has 0 aromatic heterocycles. The molecular formula is C17H22NO2+. The molecule has 0 amide bonds. The summed E-state index contributed by atoms with van der Waals surface area (Å²) >= 11 is 0. The van der Waals surface area contributed by atoms with Crippen molar-refractivity contribution in [2.75, 3.05) is 20.3 Å². The maximum Gasteiger partial charge on any atom is 0.128 e. The fourth-order valence-corrected chi connectivity index (χ4v) is 2.96. The zero-order chi connectivity index (χ0) is 13.8. The van der Waals surface area contributed by atoms with E-state index >= 15 is 0 Å². The lowest BCUT2D eigenvalue weighted by Crippen LogP contribution is -2.84. The van der Waals surface area contributed by atoms with Crippen LogP contribution in [0.2, 0.25) is 0 Å². The zero-order valence-electron chi connectivity index (χ0n) is 12.0. The molecule has 1 aliphatic rings. The minimum atomic E-state index is 0.427. The lowest BCUT2D eigenvalue weighted by molar-refractivity contribution is -0.676. The number of fused-ring (bicyclic) bond motifs is 1. The van der Waals surface area contributed by atoms with Gasteiger partial charge >= 0.3 is 0 Å². The van der Waals surface area contributed by atoms with Crippen LogP contribution in [-0.2, 0) is 11.3 Å². The summed E-state index contributed by atoms with van der Waals surface area (Å²) in [5.74, 6) is 0.979. The minimum absolute atomic E-state index is 0.427. The summed E-state index contributed by atoms with van der Waals surface area (Å²) < 4.78 is 11.2. The fraction of sp³-hybridized carbons (Fsp3) is 0.412. The van der Waals surface area contributed by atoms with E-state index in [0.29, 0.717) is 6.10 Å². The molecule has 2 N–H and O–H groups in total. The van der Waals surface area contributed by atoms with Gasteiger partial charge in [-0.2, -0.15) is 0 Å². The van der Waals surface area contributed by atoms with Gasteiger partial charge in [-0.15, -0.1) is 0 Å². The summed E-state index contributed by atoms with van der Waals surface area (Å²) in [6, 6.07) is 12.7. The topological polar surface area (TPSA) is 35.1 Å². The molecule has 0 radical (unpaired) electrons. The van der Waals surface area contributed by atoms with Gasteiger partial charge < -0.3 is 14.8 Å². The van der Waals surface area contributed by atoms with Crippen molar-refractivity contribution in [3.05, 3.63) is 42.0 Å². The molecule has 0 aliphatic carbocycles. The molecular weight excluding hydrogens is 250 g/mol.